The Kier molecular flexibility index (Phi) is 2.29. The zero-order valence-corrected chi connectivity index (χ0v) is 11.4. The van der Waals surface area contributed by atoms with Gasteiger partial charge >= 0.3 is 5.76 Å². The number of fused-ring (bicyclic) bond motifs is 3. The Bertz CT molecular complexity index is 837. The van der Waals surface area contributed by atoms with Crippen LogP contribution in [0.25, 0.3) is 22.0 Å². The minimum atomic E-state index is -0.564. The minimum Gasteiger partial charge on any atom is -0.406 e. The van der Waals surface area contributed by atoms with Gasteiger partial charge in [-0.3, -0.25) is 0 Å². The zero-order valence-electron chi connectivity index (χ0n) is 11.4. The van der Waals surface area contributed by atoms with Crippen molar-refractivity contribution in [2.24, 2.45) is 7.05 Å². The van der Waals surface area contributed by atoms with E-state index in [0.29, 0.717) is 5.58 Å². The largest absolute Gasteiger partial charge is 0.439 e. The molecule has 0 spiro atoms. The van der Waals surface area contributed by atoms with Crippen LogP contribution in [0, 0.1) is 0 Å². The van der Waals surface area contributed by atoms with E-state index in [0.717, 1.165) is 22.1 Å². The van der Waals surface area contributed by atoms with E-state index >= 15 is 0 Å². The van der Waals surface area contributed by atoms with Crippen molar-refractivity contribution in [1.29, 1.82) is 0 Å². The molecule has 0 radical (unpaired) electrons. The average molecular weight is 257 g/mol. The van der Waals surface area contributed by atoms with Gasteiger partial charge in [0.25, 0.3) is 0 Å². The van der Waals surface area contributed by atoms with Gasteiger partial charge in [0.2, 0.25) is 0 Å². The van der Waals surface area contributed by atoms with E-state index in [1.807, 2.05) is 44.5 Å². The van der Waals surface area contributed by atoms with E-state index in [9.17, 15) is 4.79 Å². The summed E-state index contributed by atoms with van der Waals surface area (Å²) in [7, 11) is 1.88. The summed E-state index contributed by atoms with van der Waals surface area (Å²) < 4.78 is 7.18. The smallest absolute Gasteiger partial charge is 0.406 e. The lowest BCUT2D eigenvalue weighted by Gasteiger charge is -2.18. The van der Waals surface area contributed by atoms with Gasteiger partial charge in [-0.2, -0.15) is 4.98 Å². The molecular formula is C14H15N3O2. The maximum Gasteiger partial charge on any atom is 0.439 e. The van der Waals surface area contributed by atoms with Crippen molar-refractivity contribution in [3.63, 3.8) is 0 Å². The molecule has 1 aromatic carbocycles. The van der Waals surface area contributed by atoms with Crippen molar-refractivity contribution >= 4 is 22.0 Å². The summed E-state index contributed by atoms with van der Waals surface area (Å²) in [6.45, 7) is 6.09. The lowest BCUT2D eigenvalue weighted by atomic mass is 9.89. The van der Waals surface area contributed by atoms with Crippen LogP contribution in [0.3, 0.4) is 0 Å². The summed E-state index contributed by atoms with van der Waals surface area (Å²) in [6, 6.07) is 3.84. The fraction of sp³-hybridized carbons (Fsp3) is 0.357. The van der Waals surface area contributed by atoms with Gasteiger partial charge in [0.1, 0.15) is 5.52 Å². The second-order valence-electron chi connectivity index (χ2n) is 5.74. The number of aryl methyl sites for hydroxylation is 1. The van der Waals surface area contributed by atoms with E-state index in [4.69, 9.17) is 4.42 Å². The number of aromatic nitrogens is 3. The first kappa shape index (κ1) is 11.9. The van der Waals surface area contributed by atoms with Gasteiger partial charge in [-0.15, -0.1) is 0 Å². The molecule has 0 fully saturated rings. The third-order valence-corrected chi connectivity index (χ3v) is 3.19. The second kappa shape index (κ2) is 3.66. The van der Waals surface area contributed by atoms with E-state index in [-0.39, 0.29) is 5.41 Å². The van der Waals surface area contributed by atoms with Crippen LogP contribution in [0.5, 0.6) is 0 Å². The summed E-state index contributed by atoms with van der Waals surface area (Å²) in [5.41, 5.74) is 2.72. The summed E-state index contributed by atoms with van der Waals surface area (Å²) >= 11 is 0. The van der Waals surface area contributed by atoms with Crippen LogP contribution < -0.4 is 5.76 Å². The molecule has 19 heavy (non-hydrogen) atoms. The standard InChI is InChI=1S/C14H15N3O2/c1-14(2,3)12-8-5-6-9-10(17(4)7-15-9)11(8)19-13(18)16-12/h5-7H,1-4H3. The van der Waals surface area contributed by atoms with Crippen LogP contribution in [0.2, 0.25) is 0 Å². The van der Waals surface area contributed by atoms with Crippen LogP contribution in [-0.4, -0.2) is 14.5 Å². The minimum absolute atomic E-state index is 0.222. The van der Waals surface area contributed by atoms with Gasteiger partial charge in [-0.05, 0) is 12.1 Å². The molecule has 0 aliphatic carbocycles. The number of rotatable bonds is 0. The molecular weight excluding hydrogens is 242 g/mol. The van der Waals surface area contributed by atoms with Crippen LogP contribution in [0.15, 0.2) is 27.7 Å². The van der Waals surface area contributed by atoms with Crippen LogP contribution >= 0.6 is 0 Å². The second-order valence-corrected chi connectivity index (χ2v) is 5.74. The lowest BCUT2D eigenvalue weighted by Crippen LogP contribution is -2.19. The maximum absolute atomic E-state index is 11.7. The molecule has 0 saturated carbocycles. The first-order valence-electron chi connectivity index (χ1n) is 6.13. The highest BCUT2D eigenvalue weighted by Gasteiger charge is 2.22. The van der Waals surface area contributed by atoms with E-state index in [2.05, 4.69) is 9.97 Å². The zero-order chi connectivity index (χ0) is 13.8. The van der Waals surface area contributed by atoms with Crippen LogP contribution in [-0.2, 0) is 12.5 Å². The Hall–Kier alpha value is -2.17. The third kappa shape index (κ3) is 1.73. The highest BCUT2D eigenvalue weighted by atomic mass is 16.4. The normalized spacial score (nSPS) is 12.4. The molecule has 0 atom stereocenters. The van der Waals surface area contributed by atoms with Gasteiger partial charge in [0, 0.05) is 17.8 Å². The molecule has 2 aromatic heterocycles. The topological polar surface area (TPSA) is 60.9 Å². The molecule has 0 bridgehead atoms. The van der Waals surface area contributed by atoms with Crippen molar-refractivity contribution in [2.75, 3.05) is 0 Å². The fourth-order valence-electron chi connectivity index (χ4n) is 2.34. The first-order valence-corrected chi connectivity index (χ1v) is 6.13. The number of benzene rings is 1. The van der Waals surface area contributed by atoms with E-state index in [1.165, 1.54) is 0 Å². The highest BCUT2D eigenvalue weighted by molar-refractivity contribution is 6.01. The molecule has 2 heterocycles. The monoisotopic (exact) mass is 257 g/mol. The van der Waals surface area contributed by atoms with Crippen molar-refractivity contribution < 1.29 is 4.42 Å². The Morgan fingerprint density at radius 3 is 2.68 bits per heavy atom. The molecule has 0 amide bonds. The van der Waals surface area contributed by atoms with Crippen molar-refractivity contribution in [3.8, 4) is 0 Å². The molecule has 0 unspecified atom stereocenters. The Balaban J connectivity index is 2.58. The Morgan fingerprint density at radius 1 is 1.26 bits per heavy atom. The SMILES string of the molecule is Cn1cnc2ccc3c(C(C)(C)C)nc(=O)oc3c21. The summed E-state index contributed by atoms with van der Waals surface area (Å²) in [5.74, 6) is -0.564. The number of imidazole rings is 1. The first-order chi connectivity index (χ1) is 8.88. The molecule has 5 nitrogen and oxygen atoms in total. The van der Waals surface area contributed by atoms with Gasteiger partial charge in [0.15, 0.2) is 5.58 Å². The van der Waals surface area contributed by atoms with Gasteiger partial charge in [0.05, 0.1) is 17.5 Å². The molecule has 5 heteroatoms. The van der Waals surface area contributed by atoms with Gasteiger partial charge in [-0.1, -0.05) is 20.8 Å². The molecule has 3 aromatic rings. The van der Waals surface area contributed by atoms with Crippen molar-refractivity contribution in [2.45, 2.75) is 26.2 Å². The summed E-state index contributed by atoms with van der Waals surface area (Å²) in [4.78, 5) is 20.0. The molecule has 3 rings (SSSR count). The molecule has 0 N–H and O–H groups in total. The van der Waals surface area contributed by atoms with Crippen molar-refractivity contribution in [3.05, 3.63) is 34.7 Å². The maximum atomic E-state index is 11.7. The van der Waals surface area contributed by atoms with Gasteiger partial charge < -0.3 is 8.98 Å². The quantitative estimate of drug-likeness (QED) is 0.620. The number of hydrogen-bond acceptors (Lipinski definition) is 4. The van der Waals surface area contributed by atoms with Gasteiger partial charge in [-0.25, -0.2) is 9.78 Å². The van der Waals surface area contributed by atoms with Crippen LogP contribution in [0.1, 0.15) is 26.5 Å². The average Bonchev–Trinajstić information content (AvgIpc) is 2.69. The van der Waals surface area contributed by atoms with E-state index in [1.54, 1.807) is 6.33 Å². The lowest BCUT2D eigenvalue weighted by molar-refractivity contribution is 0.499. The molecule has 0 saturated heterocycles. The predicted molar refractivity (Wildman–Crippen MR) is 73.3 cm³/mol. The predicted octanol–water partition coefficient (Wildman–Crippen LogP) is 2.37. The summed E-state index contributed by atoms with van der Waals surface area (Å²) in [5, 5.41) is 0.864. The third-order valence-electron chi connectivity index (χ3n) is 3.19. The number of hydrogen-bond donors (Lipinski definition) is 0. The molecule has 98 valence electrons. The van der Waals surface area contributed by atoms with Crippen LogP contribution in [0.4, 0.5) is 0 Å². The fourth-order valence-corrected chi connectivity index (χ4v) is 2.34. The molecule has 0 aliphatic rings. The number of nitrogens with zero attached hydrogens (tertiary/aromatic N) is 3. The Labute approximate surface area is 109 Å². The van der Waals surface area contributed by atoms with E-state index < -0.39 is 5.76 Å². The van der Waals surface area contributed by atoms with Crippen molar-refractivity contribution in [1.82, 2.24) is 14.5 Å². The Morgan fingerprint density at radius 2 is 2.00 bits per heavy atom. The highest BCUT2D eigenvalue weighted by Crippen LogP contribution is 2.30. The molecule has 0 aliphatic heterocycles. The summed E-state index contributed by atoms with van der Waals surface area (Å²) in [6.07, 6.45) is 1.71.